The fraction of sp³-hybridized carbons (Fsp3) is 0.200. The zero-order valence-corrected chi connectivity index (χ0v) is 18.3. The molecule has 0 atom stereocenters. The SMILES string of the molecule is Cc1ccccc1N1C(=O)C(Nc2ccc(C(C)(C)C)cc2)=C(c2cccs2)C1=O. The lowest BCUT2D eigenvalue weighted by atomic mass is 9.87. The van der Waals surface area contributed by atoms with E-state index in [2.05, 4.69) is 26.1 Å². The summed E-state index contributed by atoms with van der Waals surface area (Å²) in [7, 11) is 0. The third kappa shape index (κ3) is 3.57. The molecular formula is C25H24N2O2S. The van der Waals surface area contributed by atoms with Crippen molar-refractivity contribution in [2.75, 3.05) is 10.2 Å². The lowest BCUT2D eigenvalue weighted by molar-refractivity contribution is -0.120. The van der Waals surface area contributed by atoms with E-state index in [1.807, 2.05) is 66.9 Å². The van der Waals surface area contributed by atoms with Crippen LogP contribution in [0, 0.1) is 6.92 Å². The smallest absolute Gasteiger partial charge is 0.282 e. The number of para-hydroxylation sites is 1. The maximum Gasteiger partial charge on any atom is 0.282 e. The van der Waals surface area contributed by atoms with Crippen LogP contribution in [0.25, 0.3) is 5.57 Å². The Morgan fingerprint density at radius 3 is 2.17 bits per heavy atom. The van der Waals surface area contributed by atoms with Crippen molar-refractivity contribution in [3.8, 4) is 0 Å². The first-order chi connectivity index (χ1) is 14.3. The number of imide groups is 1. The Kier molecular flexibility index (Phi) is 5.08. The van der Waals surface area contributed by atoms with Gasteiger partial charge in [0.1, 0.15) is 5.70 Å². The number of anilines is 2. The number of nitrogens with zero attached hydrogens (tertiary/aromatic N) is 1. The molecule has 4 rings (SSSR count). The van der Waals surface area contributed by atoms with E-state index in [0.717, 1.165) is 16.1 Å². The van der Waals surface area contributed by atoms with Crippen LogP contribution in [0.2, 0.25) is 0 Å². The summed E-state index contributed by atoms with van der Waals surface area (Å²) in [4.78, 5) is 28.8. The molecule has 0 saturated heterocycles. The molecule has 0 aliphatic carbocycles. The molecule has 152 valence electrons. The highest BCUT2D eigenvalue weighted by molar-refractivity contribution is 7.11. The van der Waals surface area contributed by atoms with Crippen LogP contribution in [0.5, 0.6) is 0 Å². The molecular weight excluding hydrogens is 392 g/mol. The summed E-state index contributed by atoms with van der Waals surface area (Å²) in [5, 5.41) is 5.14. The molecule has 0 spiro atoms. The van der Waals surface area contributed by atoms with Gasteiger partial charge in [-0.25, -0.2) is 4.90 Å². The van der Waals surface area contributed by atoms with Crippen molar-refractivity contribution in [2.24, 2.45) is 0 Å². The minimum Gasteiger partial charge on any atom is -0.350 e. The number of hydrogen-bond donors (Lipinski definition) is 1. The summed E-state index contributed by atoms with van der Waals surface area (Å²) in [6.45, 7) is 8.38. The van der Waals surface area contributed by atoms with Crippen molar-refractivity contribution in [2.45, 2.75) is 33.1 Å². The van der Waals surface area contributed by atoms with Gasteiger partial charge in [0.05, 0.1) is 11.3 Å². The van der Waals surface area contributed by atoms with Crippen LogP contribution in [-0.2, 0) is 15.0 Å². The average Bonchev–Trinajstić information content (AvgIpc) is 3.30. The first-order valence-corrected chi connectivity index (χ1v) is 10.8. The third-order valence-corrected chi connectivity index (χ3v) is 6.12. The number of benzene rings is 2. The Labute approximate surface area is 180 Å². The Morgan fingerprint density at radius 2 is 1.57 bits per heavy atom. The van der Waals surface area contributed by atoms with Crippen molar-refractivity contribution in [3.63, 3.8) is 0 Å². The van der Waals surface area contributed by atoms with Crippen LogP contribution < -0.4 is 10.2 Å². The summed E-state index contributed by atoms with van der Waals surface area (Å²) < 4.78 is 0. The number of rotatable bonds is 4. The fourth-order valence-electron chi connectivity index (χ4n) is 3.53. The first-order valence-electron chi connectivity index (χ1n) is 9.87. The van der Waals surface area contributed by atoms with Crippen LogP contribution >= 0.6 is 11.3 Å². The van der Waals surface area contributed by atoms with Gasteiger partial charge in [0.2, 0.25) is 0 Å². The third-order valence-electron chi connectivity index (χ3n) is 5.23. The first kappa shape index (κ1) is 20.1. The molecule has 30 heavy (non-hydrogen) atoms. The standard InChI is InChI=1S/C25H24N2O2S/c1-16-8-5-6-9-19(16)27-23(28)21(20-10-7-15-30-20)22(24(27)29)26-18-13-11-17(12-14-18)25(2,3)4/h5-15,26H,1-4H3. The summed E-state index contributed by atoms with van der Waals surface area (Å²) in [6, 6.07) is 19.2. The number of carbonyl (C=O) groups excluding carboxylic acids is 2. The van der Waals surface area contributed by atoms with Gasteiger partial charge in [-0.1, -0.05) is 57.2 Å². The topological polar surface area (TPSA) is 49.4 Å². The van der Waals surface area contributed by atoms with E-state index in [9.17, 15) is 9.59 Å². The Morgan fingerprint density at radius 1 is 0.867 bits per heavy atom. The molecule has 0 radical (unpaired) electrons. The lowest BCUT2D eigenvalue weighted by Gasteiger charge is -2.19. The van der Waals surface area contributed by atoms with Gasteiger partial charge >= 0.3 is 0 Å². The van der Waals surface area contributed by atoms with Crippen molar-refractivity contribution in [3.05, 3.63) is 87.7 Å². The molecule has 0 saturated carbocycles. The normalized spacial score (nSPS) is 14.6. The Bertz CT molecular complexity index is 1140. The predicted molar refractivity (Wildman–Crippen MR) is 124 cm³/mol. The van der Waals surface area contributed by atoms with Gasteiger partial charge in [-0.05, 0) is 53.1 Å². The van der Waals surface area contributed by atoms with Gasteiger partial charge < -0.3 is 5.32 Å². The van der Waals surface area contributed by atoms with Gasteiger partial charge in [0, 0.05) is 10.6 Å². The summed E-state index contributed by atoms with van der Waals surface area (Å²) in [5.41, 5.74) is 4.24. The molecule has 0 unspecified atom stereocenters. The summed E-state index contributed by atoms with van der Waals surface area (Å²) >= 11 is 1.45. The maximum atomic E-state index is 13.4. The maximum absolute atomic E-state index is 13.4. The Hall–Kier alpha value is -3.18. The minimum absolute atomic E-state index is 0.0424. The molecule has 1 aliphatic heterocycles. The van der Waals surface area contributed by atoms with Crippen molar-refractivity contribution in [1.82, 2.24) is 0 Å². The number of aryl methyl sites for hydroxylation is 1. The zero-order chi connectivity index (χ0) is 21.5. The molecule has 2 amide bonds. The molecule has 3 aromatic rings. The largest absolute Gasteiger partial charge is 0.350 e. The average molecular weight is 417 g/mol. The number of hydrogen-bond acceptors (Lipinski definition) is 4. The number of carbonyl (C=O) groups is 2. The molecule has 0 fully saturated rings. The van der Waals surface area contributed by atoms with Crippen LogP contribution in [0.1, 0.15) is 36.8 Å². The molecule has 1 aromatic heterocycles. The van der Waals surface area contributed by atoms with E-state index >= 15 is 0 Å². The predicted octanol–water partition coefficient (Wildman–Crippen LogP) is 5.75. The number of nitrogens with one attached hydrogen (secondary N) is 1. The van der Waals surface area contributed by atoms with E-state index in [-0.39, 0.29) is 17.2 Å². The minimum atomic E-state index is -0.336. The zero-order valence-electron chi connectivity index (χ0n) is 17.5. The second kappa shape index (κ2) is 7.58. The van der Waals surface area contributed by atoms with E-state index in [1.54, 1.807) is 6.07 Å². The van der Waals surface area contributed by atoms with Crippen LogP contribution in [0.3, 0.4) is 0 Å². The molecule has 1 aliphatic rings. The second-order valence-electron chi connectivity index (χ2n) is 8.41. The van der Waals surface area contributed by atoms with Crippen molar-refractivity contribution in [1.29, 1.82) is 0 Å². The number of amides is 2. The van der Waals surface area contributed by atoms with Gasteiger partial charge in [-0.3, -0.25) is 9.59 Å². The molecule has 1 N–H and O–H groups in total. The van der Waals surface area contributed by atoms with E-state index in [4.69, 9.17) is 0 Å². The second-order valence-corrected chi connectivity index (χ2v) is 9.36. The molecule has 0 bridgehead atoms. The highest BCUT2D eigenvalue weighted by Gasteiger charge is 2.41. The van der Waals surface area contributed by atoms with Gasteiger partial charge in [0.25, 0.3) is 11.8 Å². The van der Waals surface area contributed by atoms with Gasteiger partial charge in [-0.2, -0.15) is 0 Å². The fourth-order valence-corrected chi connectivity index (χ4v) is 4.29. The van der Waals surface area contributed by atoms with E-state index in [0.29, 0.717) is 17.0 Å². The Balaban J connectivity index is 1.75. The molecule has 2 heterocycles. The van der Waals surface area contributed by atoms with Crippen LogP contribution in [-0.4, -0.2) is 11.8 Å². The summed E-state index contributed by atoms with van der Waals surface area (Å²) in [6.07, 6.45) is 0. The molecule has 2 aromatic carbocycles. The van der Waals surface area contributed by atoms with Gasteiger partial charge in [0.15, 0.2) is 0 Å². The quantitative estimate of drug-likeness (QED) is 0.551. The van der Waals surface area contributed by atoms with E-state index < -0.39 is 0 Å². The van der Waals surface area contributed by atoms with Crippen LogP contribution in [0.15, 0.2) is 71.7 Å². The monoisotopic (exact) mass is 416 g/mol. The molecule has 4 nitrogen and oxygen atoms in total. The highest BCUT2D eigenvalue weighted by atomic mass is 32.1. The lowest BCUT2D eigenvalue weighted by Crippen LogP contribution is -2.32. The van der Waals surface area contributed by atoms with Crippen molar-refractivity contribution < 1.29 is 9.59 Å². The highest BCUT2D eigenvalue weighted by Crippen LogP contribution is 2.36. The number of thiophene rings is 1. The van der Waals surface area contributed by atoms with E-state index in [1.165, 1.54) is 21.8 Å². The van der Waals surface area contributed by atoms with Crippen molar-refractivity contribution >= 4 is 40.1 Å². The summed E-state index contributed by atoms with van der Waals surface area (Å²) in [5.74, 6) is -0.636. The van der Waals surface area contributed by atoms with Gasteiger partial charge in [-0.15, -0.1) is 11.3 Å². The molecule has 5 heteroatoms. The van der Waals surface area contributed by atoms with Crippen LogP contribution in [0.4, 0.5) is 11.4 Å².